The number of aromatic amines is 1. The summed E-state index contributed by atoms with van der Waals surface area (Å²) in [4.78, 5) is 2.26. The van der Waals surface area contributed by atoms with Gasteiger partial charge in [0.25, 0.3) is 0 Å². The van der Waals surface area contributed by atoms with Crippen molar-refractivity contribution in [2.45, 2.75) is 39.3 Å². The molecule has 0 radical (unpaired) electrons. The first-order chi connectivity index (χ1) is 13.4. The molecule has 28 heavy (non-hydrogen) atoms. The number of fused-ring (bicyclic) bond motifs is 1. The van der Waals surface area contributed by atoms with Crippen molar-refractivity contribution >= 4 is 10.9 Å². The van der Waals surface area contributed by atoms with Gasteiger partial charge in [-0.25, -0.2) is 0 Å². The quantitative estimate of drug-likeness (QED) is 0.618. The van der Waals surface area contributed by atoms with Gasteiger partial charge in [-0.2, -0.15) is 5.10 Å². The van der Waals surface area contributed by atoms with Crippen LogP contribution in [0.2, 0.25) is 0 Å². The highest BCUT2D eigenvalue weighted by Gasteiger charge is 2.14. The fourth-order valence-electron chi connectivity index (χ4n) is 3.19. The summed E-state index contributed by atoms with van der Waals surface area (Å²) >= 11 is 0. The molecule has 0 atom stereocenters. The lowest BCUT2D eigenvalue weighted by molar-refractivity contribution is 0.306. The minimum absolute atomic E-state index is 0.139. The number of benzene rings is 2. The van der Waals surface area contributed by atoms with Gasteiger partial charge in [-0.3, -0.25) is 10.00 Å². The Kier molecular flexibility index (Phi) is 6.37. The number of hydrogen-bond acceptors (Lipinski definition) is 4. The number of ether oxygens (including phenoxy) is 1. The van der Waals surface area contributed by atoms with Crippen molar-refractivity contribution in [3.63, 3.8) is 0 Å². The summed E-state index contributed by atoms with van der Waals surface area (Å²) in [5, 5.41) is 11.9. The second kappa shape index (κ2) is 8.76. The monoisotopic (exact) mass is 380 g/mol. The van der Waals surface area contributed by atoms with Crippen LogP contribution in [0.15, 0.2) is 42.5 Å². The van der Waals surface area contributed by atoms with Gasteiger partial charge in [0.1, 0.15) is 12.4 Å². The summed E-state index contributed by atoms with van der Waals surface area (Å²) in [5.74, 6) is 0.870. The van der Waals surface area contributed by atoms with Gasteiger partial charge in [0.05, 0.1) is 11.2 Å². The number of hydrogen-bond donors (Lipinski definition) is 2. The Bertz CT molecular complexity index is 910. The van der Waals surface area contributed by atoms with Gasteiger partial charge in [0, 0.05) is 25.0 Å². The zero-order chi connectivity index (χ0) is 20.1. The molecule has 0 fully saturated rings. The standard InChI is InChI=1S/C23H32N4O/c1-23(2,3)18-8-6-7-17(13-18)16-28-19-9-10-21-20(14-19)22(26-25-21)15-27(5)12-11-24-4/h6-10,13-14,24H,11-12,15-16H2,1-5H3,(H,25,26). The molecule has 0 unspecified atom stereocenters. The van der Waals surface area contributed by atoms with Gasteiger partial charge in [-0.15, -0.1) is 0 Å². The summed E-state index contributed by atoms with van der Waals surface area (Å²) in [6, 6.07) is 14.8. The summed E-state index contributed by atoms with van der Waals surface area (Å²) in [5.41, 5.74) is 4.74. The minimum atomic E-state index is 0.139. The van der Waals surface area contributed by atoms with E-state index in [0.29, 0.717) is 6.61 Å². The molecule has 5 nitrogen and oxygen atoms in total. The van der Waals surface area contributed by atoms with Crippen LogP contribution >= 0.6 is 0 Å². The minimum Gasteiger partial charge on any atom is -0.489 e. The topological polar surface area (TPSA) is 53.2 Å². The van der Waals surface area contributed by atoms with Crippen molar-refractivity contribution in [2.75, 3.05) is 27.2 Å². The molecule has 1 heterocycles. The number of H-pyrrole nitrogens is 1. The first-order valence-electron chi connectivity index (χ1n) is 9.89. The molecule has 0 bridgehead atoms. The van der Waals surface area contributed by atoms with E-state index < -0.39 is 0 Å². The molecular weight excluding hydrogens is 348 g/mol. The summed E-state index contributed by atoms with van der Waals surface area (Å²) in [6.45, 7) is 9.99. The maximum Gasteiger partial charge on any atom is 0.120 e. The summed E-state index contributed by atoms with van der Waals surface area (Å²) < 4.78 is 6.10. The fourth-order valence-corrected chi connectivity index (χ4v) is 3.19. The van der Waals surface area contributed by atoms with Gasteiger partial charge in [-0.1, -0.05) is 45.0 Å². The summed E-state index contributed by atoms with van der Waals surface area (Å²) in [7, 11) is 4.08. The number of likely N-dealkylation sites (N-methyl/N-ethyl adjacent to an activating group) is 2. The third-order valence-electron chi connectivity index (χ3n) is 4.97. The fraction of sp³-hybridized carbons (Fsp3) is 0.435. The van der Waals surface area contributed by atoms with Crippen molar-refractivity contribution in [1.29, 1.82) is 0 Å². The first-order valence-corrected chi connectivity index (χ1v) is 9.89. The third-order valence-corrected chi connectivity index (χ3v) is 4.97. The van der Waals surface area contributed by atoms with Crippen LogP contribution in [-0.2, 0) is 18.6 Å². The van der Waals surface area contributed by atoms with E-state index in [9.17, 15) is 0 Å². The molecule has 0 aliphatic carbocycles. The van der Waals surface area contributed by atoms with Crippen LogP contribution in [0.5, 0.6) is 5.75 Å². The highest BCUT2D eigenvalue weighted by molar-refractivity contribution is 5.82. The molecule has 0 spiro atoms. The third kappa shape index (κ3) is 5.12. The normalized spacial score (nSPS) is 12.1. The zero-order valence-corrected chi connectivity index (χ0v) is 17.7. The predicted molar refractivity (Wildman–Crippen MR) is 116 cm³/mol. The van der Waals surface area contributed by atoms with Crippen LogP contribution in [0.4, 0.5) is 0 Å². The van der Waals surface area contributed by atoms with Crippen LogP contribution in [-0.4, -0.2) is 42.3 Å². The molecule has 1 aromatic heterocycles. The van der Waals surface area contributed by atoms with E-state index in [-0.39, 0.29) is 5.41 Å². The van der Waals surface area contributed by atoms with Crippen molar-refractivity contribution in [3.05, 3.63) is 59.3 Å². The van der Waals surface area contributed by atoms with E-state index in [1.54, 1.807) is 0 Å². The highest BCUT2D eigenvalue weighted by atomic mass is 16.5. The Hall–Kier alpha value is -2.37. The summed E-state index contributed by atoms with van der Waals surface area (Å²) in [6.07, 6.45) is 0. The molecule has 5 heteroatoms. The number of rotatable bonds is 8. The molecule has 2 N–H and O–H groups in total. The van der Waals surface area contributed by atoms with E-state index in [4.69, 9.17) is 4.74 Å². The van der Waals surface area contributed by atoms with E-state index >= 15 is 0 Å². The highest BCUT2D eigenvalue weighted by Crippen LogP contribution is 2.25. The zero-order valence-electron chi connectivity index (χ0n) is 17.7. The van der Waals surface area contributed by atoms with Crippen molar-refractivity contribution in [2.24, 2.45) is 0 Å². The van der Waals surface area contributed by atoms with Gasteiger partial charge < -0.3 is 10.1 Å². The smallest absolute Gasteiger partial charge is 0.120 e. The lowest BCUT2D eigenvalue weighted by atomic mass is 9.86. The maximum absolute atomic E-state index is 6.10. The lowest BCUT2D eigenvalue weighted by Gasteiger charge is -2.19. The maximum atomic E-state index is 6.10. The Morgan fingerprint density at radius 3 is 2.71 bits per heavy atom. The Balaban J connectivity index is 1.71. The van der Waals surface area contributed by atoms with E-state index in [1.807, 2.05) is 19.2 Å². The van der Waals surface area contributed by atoms with Gasteiger partial charge in [0.2, 0.25) is 0 Å². The largest absolute Gasteiger partial charge is 0.489 e. The van der Waals surface area contributed by atoms with Crippen molar-refractivity contribution < 1.29 is 4.74 Å². The van der Waals surface area contributed by atoms with Crippen LogP contribution < -0.4 is 10.1 Å². The van der Waals surface area contributed by atoms with Gasteiger partial charge in [0.15, 0.2) is 0 Å². The Morgan fingerprint density at radius 2 is 1.96 bits per heavy atom. The van der Waals surface area contributed by atoms with E-state index in [2.05, 4.69) is 78.6 Å². The molecule has 3 aromatic rings. The molecule has 3 rings (SSSR count). The van der Waals surface area contributed by atoms with Crippen molar-refractivity contribution in [3.8, 4) is 5.75 Å². The number of nitrogens with zero attached hydrogens (tertiary/aromatic N) is 2. The van der Waals surface area contributed by atoms with E-state index in [1.165, 1.54) is 11.1 Å². The predicted octanol–water partition coefficient (Wildman–Crippen LogP) is 4.09. The molecular formula is C23H32N4O. The molecule has 0 saturated carbocycles. The molecule has 2 aromatic carbocycles. The molecule has 0 amide bonds. The average molecular weight is 381 g/mol. The first kappa shape index (κ1) is 20.4. The Labute approximate surface area is 168 Å². The average Bonchev–Trinajstić information content (AvgIpc) is 3.06. The van der Waals surface area contributed by atoms with Crippen molar-refractivity contribution in [1.82, 2.24) is 20.4 Å². The molecule has 0 aliphatic rings. The van der Waals surface area contributed by atoms with Gasteiger partial charge in [-0.05, 0) is 48.8 Å². The second-order valence-corrected chi connectivity index (χ2v) is 8.46. The van der Waals surface area contributed by atoms with Crippen LogP contribution in [0.1, 0.15) is 37.6 Å². The Morgan fingerprint density at radius 1 is 1.14 bits per heavy atom. The number of nitrogens with one attached hydrogen (secondary N) is 2. The second-order valence-electron chi connectivity index (χ2n) is 8.46. The SMILES string of the molecule is CNCCN(C)Cc1n[nH]c2ccc(OCc3cccc(C(C)(C)C)c3)cc12. The number of aromatic nitrogens is 2. The molecule has 150 valence electrons. The van der Waals surface area contributed by atoms with E-state index in [0.717, 1.165) is 42.0 Å². The van der Waals surface area contributed by atoms with Gasteiger partial charge >= 0.3 is 0 Å². The van der Waals surface area contributed by atoms with Crippen LogP contribution in [0.3, 0.4) is 0 Å². The van der Waals surface area contributed by atoms with Crippen LogP contribution in [0, 0.1) is 0 Å². The lowest BCUT2D eigenvalue weighted by Crippen LogP contribution is -2.27. The molecule has 0 saturated heterocycles. The van der Waals surface area contributed by atoms with Crippen LogP contribution in [0.25, 0.3) is 10.9 Å². The molecule has 0 aliphatic heterocycles.